The van der Waals surface area contributed by atoms with E-state index in [0.717, 1.165) is 19.3 Å². The Hall–Kier alpha value is -1.85. The molecule has 1 unspecified atom stereocenters. The number of hydrogen-bond acceptors (Lipinski definition) is 4. The Labute approximate surface area is 111 Å². The van der Waals surface area contributed by atoms with Crippen molar-refractivity contribution in [1.29, 1.82) is 0 Å². The van der Waals surface area contributed by atoms with Crippen molar-refractivity contribution in [1.82, 2.24) is 9.55 Å². The van der Waals surface area contributed by atoms with Gasteiger partial charge in [0.05, 0.1) is 6.42 Å². The molecule has 1 aromatic rings. The van der Waals surface area contributed by atoms with Crippen LogP contribution in [0.1, 0.15) is 32.6 Å². The lowest BCUT2D eigenvalue weighted by molar-refractivity contribution is -0.137. The predicted molar refractivity (Wildman–Crippen MR) is 71.4 cm³/mol. The normalized spacial score (nSPS) is 19.4. The third-order valence-corrected chi connectivity index (χ3v) is 3.55. The lowest BCUT2D eigenvalue weighted by Crippen LogP contribution is -2.44. The van der Waals surface area contributed by atoms with Gasteiger partial charge in [-0.25, -0.2) is 4.98 Å². The van der Waals surface area contributed by atoms with Crippen molar-refractivity contribution in [2.75, 3.05) is 11.4 Å². The van der Waals surface area contributed by atoms with E-state index in [-0.39, 0.29) is 18.0 Å². The summed E-state index contributed by atoms with van der Waals surface area (Å²) in [4.78, 5) is 29.2. The fourth-order valence-corrected chi connectivity index (χ4v) is 2.57. The summed E-state index contributed by atoms with van der Waals surface area (Å²) in [7, 11) is 0. The number of carboxylic acid groups (broad SMARTS) is 1. The number of anilines is 1. The molecule has 0 radical (unpaired) electrons. The van der Waals surface area contributed by atoms with Crippen LogP contribution in [-0.2, 0) is 11.3 Å². The fraction of sp³-hybridized carbons (Fsp3) is 0.615. The van der Waals surface area contributed by atoms with E-state index in [1.807, 2.05) is 11.8 Å². The zero-order valence-electron chi connectivity index (χ0n) is 11.1. The van der Waals surface area contributed by atoms with E-state index in [4.69, 9.17) is 5.11 Å². The second-order valence-electron chi connectivity index (χ2n) is 4.78. The molecular weight excluding hydrogens is 246 g/mol. The number of hydrogen-bond donors (Lipinski definition) is 1. The van der Waals surface area contributed by atoms with Gasteiger partial charge in [-0.05, 0) is 26.2 Å². The highest BCUT2D eigenvalue weighted by Gasteiger charge is 2.27. The van der Waals surface area contributed by atoms with Crippen molar-refractivity contribution in [2.45, 2.75) is 45.2 Å². The van der Waals surface area contributed by atoms with Gasteiger partial charge in [0, 0.05) is 31.5 Å². The molecule has 1 N–H and O–H groups in total. The van der Waals surface area contributed by atoms with Crippen LogP contribution in [0.5, 0.6) is 0 Å². The number of piperidine rings is 1. The van der Waals surface area contributed by atoms with Crippen molar-refractivity contribution < 1.29 is 9.90 Å². The van der Waals surface area contributed by atoms with Gasteiger partial charge in [0.15, 0.2) is 5.82 Å². The summed E-state index contributed by atoms with van der Waals surface area (Å²) in [6.07, 6.45) is 6.09. The average molecular weight is 265 g/mol. The molecule has 0 spiro atoms. The summed E-state index contributed by atoms with van der Waals surface area (Å²) in [5.41, 5.74) is -0.137. The van der Waals surface area contributed by atoms with Crippen molar-refractivity contribution >= 4 is 11.8 Å². The molecule has 104 valence electrons. The van der Waals surface area contributed by atoms with Crippen LogP contribution in [0.25, 0.3) is 0 Å². The SMILES string of the molecule is CCn1ccnc(N2CCCCC2CC(=O)O)c1=O. The third-order valence-electron chi connectivity index (χ3n) is 3.55. The number of aryl methyl sites for hydroxylation is 1. The highest BCUT2D eigenvalue weighted by Crippen LogP contribution is 2.22. The number of nitrogens with zero attached hydrogens (tertiary/aromatic N) is 3. The standard InChI is InChI=1S/C13H19N3O3/c1-2-15-8-6-14-12(13(15)19)16-7-4-3-5-10(16)9-11(17)18/h6,8,10H,2-5,7,9H2,1H3,(H,17,18). The topological polar surface area (TPSA) is 75.4 Å². The van der Waals surface area contributed by atoms with Gasteiger partial charge >= 0.3 is 5.97 Å². The molecule has 1 saturated heterocycles. The maximum Gasteiger partial charge on any atom is 0.305 e. The van der Waals surface area contributed by atoms with Crippen LogP contribution < -0.4 is 10.5 Å². The molecule has 0 bridgehead atoms. The zero-order chi connectivity index (χ0) is 13.8. The maximum absolute atomic E-state index is 12.2. The summed E-state index contributed by atoms with van der Waals surface area (Å²) in [6.45, 7) is 3.19. The zero-order valence-corrected chi connectivity index (χ0v) is 11.1. The largest absolute Gasteiger partial charge is 0.481 e. The molecule has 1 atom stereocenters. The first-order valence-corrected chi connectivity index (χ1v) is 6.67. The van der Waals surface area contributed by atoms with Crippen LogP contribution >= 0.6 is 0 Å². The van der Waals surface area contributed by atoms with E-state index in [1.54, 1.807) is 17.0 Å². The molecule has 19 heavy (non-hydrogen) atoms. The Bertz CT molecular complexity index is 512. The van der Waals surface area contributed by atoms with Crippen LogP contribution in [0.3, 0.4) is 0 Å². The van der Waals surface area contributed by atoms with Gasteiger partial charge in [0.25, 0.3) is 5.56 Å². The Morgan fingerprint density at radius 1 is 1.53 bits per heavy atom. The fourth-order valence-electron chi connectivity index (χ4n) is 2.57. The Balaban J connectivity index is 2.32. The Morgan fingerprint density at radius 3 is 3.00 bits per heavy atom. The van der Waals surface area contributed by atoms with Crippen molar-refractivity contribution in [3.8, 4) is 0 Å². The van der Waals surface area contributed by atoms with E-state index in [1.165, 1.54) is 0 Å². The number of carbonyl (C=O) groups is 1. The molecule has 2 heterocycles. The van der Waals surface area contributed by atoms with E-state index in [9.17, 15) is 9.59 Å². The van der Waals surface area contributed by atoms with Gasteiger partial charge in [-0.2, -0.15) is 0 Å². The summed E-state index contributed by atoms with van der Waals surface area (Å²) >= 11 is 0. The van der Waals surface area contributed by atoms with Gasteiger partial charge < -0.3 is 14.6 Å². The van der Waals surface area contributed by atoms with Gasteiger partial charge in [0.2, 0.25) is 0 Å². The number of carboxylic acids is 1. The second-order valence-corrected chi connectivity index (χ2v) is 4.78. The first-order valence-electron chi connectivity index (χ1n) is 6.67. The highest BCUT2D eigenvalue weighted by atomic mass is 16.4. The first kappa shape index (κ1) is 13.6. The molecule has 0 saturated carbocycles. The molecular formula is C13H19N3O3. The molecule has 0 amide bonds. The van der Waals surface area contributed by atoms with E-state index >= 15 is 0 Å². The van der Waals surface area contributed by atoms with Crippen molar-refractivity contribution in [3.63, 3.8) is 0 Å². The van der Waals surface area contributed by atoms with Crippen molar-refractivity contribution in [3.05, 3.63) is 22.7 Å². The second kappa shape index (κ2) is 5.86. The minimum Gasteiger partial charge on any atom is -0.481 e. The highest BCUT2D eigenvalue weighted by molar-refractivity contribution is 5.68. The van der Waals surface area contributed by atoms with E-state index < -0.39 is 5.97 Å². The van der Waals surface area contributed by atoms with Crippen molar-refractivity contribution in [2.24, 2.45) is 0 Å². The molecule has 1 aliphatic rings. The number of aliphatic carboxylic acids is 1. The maximum atomic E-state index is 12.2. The molecule has 2 rings (SSSR count). The molecule has 0 aromatic carbocycles. The third kappa shape index (κ3) is 2.94. The quantitative estimate of drug-likeness (QED) is 0.882. The van der Waals surface area contributed by atoms with Gasteiger partial charge in [0.1, 0.15) is 0 Å². The summed E-state index contributed by atoms with van der Waals surface area (Å²) in [5, 5.41) is 8.97. The Morgan fingerprint density at radius 2 is 2.32 bits per heavy atom. The van der Waals surface area contributed by atoms with Crippen LogP contribution in [0, 0.1) is 0 Å². The number of rotatable bonds is 4. The monoisotopic (exact) mass is 265 g/mol. The molecule has 6 nitrogen and oxygen atoms in total. The van der Waals surface area contributed by atoms with Crippen LogP contribution in [0.15, 0.2) is 17.2 Å². The van der Waals surface area contributed by atoms with Gasteiger partial charge in [-0.1, -0.05) is 0 Å². The molecule has 0 aliphatic carbocycles. The lowest BCUT2D eigenvalue weighted by atomic mass is 9.99. The molecule has 1 aliphatic heterocycles. The predicted octanol–water partition coefficient (Wildman–Crippen LogP) is 1.10. The summed E-state index contributed by atoms with van der Waals surface area (Å²) in [5.74, 6) is -0.445. The first-order chi connectivity index (χ1) is 9.13. The van der Waals surface area contributed by atoms with Crippen LogP contribution in [0.4, 0.5) is 5.82 Å². The van der Waals surface area contributed by atoms with E-state index in [2.05, 4.69) is 4.98 Å². The van der Waals surface area contributed by atoms with Gasteiger partial charge in [-0.15, -0.1) is 0 Å². The average Bonchev–Trinajstić information content (AvgIpc) is 2.39. The summed E-state index contributed by atoms with van der Waals surface area (Å²) in [6, 6.07) is -0.126. The molecule has 6 heteroatoms. The number of aromatic nitrogens is 2. The smallest absolute Gasteiger partial charge is 0.305 e. The van der Waals surface area contributed by atoms with Crippen LogP contribution in [-0.4, -0.2) is 33.2 Å². The van der Waals surface area contributed by atoms with Crippen LogP contribution in [0.2, 0.25) is 0 Å². The Kier molecular flexibility index (Phi) is 4.19. The molecule has 1 aromatic heterocycles. The van der Waals surface area contributed by atoms with Gasteiger partial charge in [-0.3, -0.25) is 9.59 Å². The lowest BCUT2D eigenvalue weighted by Gasteiger charge is -2.35. The molecule has 1 fully saturated rings. The minimum absolute atomic E-state index is 0.0577. The van der Waals surface area contributed by atoms with E-state index in [0.29, 0.717) is 18.9 Å². The minimum atomic E-state index is -0.830. The summed E-state index contributed by atoms with van der Waals surface area (Å²) < 4.78 is 1.59.